The van der Waals surface area contributed by atoms with Gasteiger partial charge in [-0.1, -0.05) is 54.1 Å². The molecule has 1 aliphatic rings. The lowest BCUT2D eigenvalue weighted by atomic mass is 10.1. The maximum Gasteiger partial charge on any atom is 0.293 e. The molecule has 1 heterocycles. The van der Waals surface area contributed by atoms with Crippen molar-refractivity contribution in [1.82, 2.24) is 4.90 Å². The van der Waals surface area contributed by atoms with Crippen molar-refractivity contribution in [2.45, 2.75) is 13.2 Å². The van der Waals surface area contributed by atoms with Gasteiger partial charge in [0.1, 0.15) is 18.2 Å². The summed E-state index contributed by atoms with van der Waals surface area (Å²) in [6, 6.07) is 17.1. The van der Waals surface area contributed by atoms with Crippen LogP contribution < -0.4 is 4.74 Å². The van der Waals surface area contributed by atoms with Crippen molar-refractivity contribution in [3.8, 4) is 5.75 Å². The SMILES string of the molecule is O=C1S/C(=C\c2ccccc2OCc2c(F)cccc2Cl)C(=O)N1Cc1ccccc1[N+](=O)[O-]. The molecule has 172 valence electrons. The van der Waals surface area contributed by atoms with Crippen molar-refractivity contribution in [3.05, 3.63) is 109 Å². The molecule has 0 radical (unpaired) electrons. The van der Waals surface area contributed by atoms with E-state index < -0.39 is 21.9 Å². The molecule has 34 heavy (non-hydrogen) atoms. The van der Waals surface area contributed by atoms with Gasteiger partial charge in [-0.2, -0.15) is 0 Å². The maximum atomic E-state index is 14.1. The number of rotatable bonds is 7. The van der Waals surface area contributed by atoms with Gasteiger partial charge >= 0.3 is 0 Å². The average molecular weight is 499 g/mol. The molecule has 0 unspecified atom stereocenters. The fourth-order valence-corrected chi connectivity index (χ4v) is 4.37. The van der Waals surface area contributed by atoms with Crippen molar-refractivity contribution in [3.63, 3.8) is 0 Å². The van der Waals surface area contributed by atoms with Gasteiger partial charge in [0.2, 0.25) is 0 Å². The highest BCUT2D eigenvalue weighted by Gasteiger charge is 2.36. The molecule has 3 aromatic carbocycles. The van der Waals surface area contributed by atoms with Gasteiger partial charge in [-0.15, -0.1) is 0 Å². The molecule has 7 nitrogen and oxygen atoms in total. The summed E-state index contributed by atoms with van der Waals surface area (Å²) in [7, 11) is 0. The van der Waals surface area contributed by atoms with Crippen LogP contribution in [-0.4, -0.2) is 21.0 Å². The molecule has 3 aromatic rings. The summed E-state index contributed by atoms with van der Waals surface area (Å²) in [6.07, 6.45) is 1.50. The number of halogens is 2. The third-order valence-corrected chi connectivity index (χ3v) is 6.29. The normalized spacial score (nSPS) is 14.6. The van der Waals surface area contributed by atoms with Crippen LogP contribution in [0.25, 0.3) is 6.08 Å². The van der Waals surface area contributed by atoms with Gasteiger partial charge in [-0.25, -0.2) is 4.39 Å². The van der Waals surface area contributed by atoms with Gasteiger partial charge in [0.15, 0.2) is 0 Å². The molecule has 1 fully saturated rings. The molecule has 0 aliphatic carbocycles. The summed E-state index contributed by atoms with van der Waals surface area (Å²) in [6.45, 7) is -0.349. The minimum atomic E-state index is -0.569. The second-order valence-corrected chi connectivity index (χ2v) is 8.58. The minimum absolute atomic E-state index is 0.129. The second-order valence-electron chi connectivity index (χ2n) is 7.18. The summed E-state index contributed by atoms with van der Waals surface area (Å²) in [5.74, 6) is -0.700. The van der Waals surface area contributed by atoms with Crippen LogP contribution in [0.2, 0.25) is 5.02 Å². The number of para-hydroxylation sites is 2. The zero-order chi connectivity index (χ0) is 24.2. The topological polar surface area (TPSA) is 89.8 Å². The predicted octanol–water partition coefficient (Wildman–Crippen LogP) is 6.20. The van der Waals surface area contributed by atoms with Crippen LogP contribution in [0.5, 0.6) is 5.75 Å². The number of amides is 2. The summed E-state index contributed by atoms with van der Waals surface area (Å²) >= 11 is 6.79. The van der Waals surface area contributed by atoms with Crippen molar-refractivity contribution < 1.29 is 23.6 Å². The molecule has 0 bridgehead atoms. The van der Waals surface area contributed by atoms with Crippen molar-refractivity contribution in [2.24, 2.45) is 0 Å². The Balaban J connectivity index is 1.56. The summed E-state index contributed by atoms with van der Waals surface area (Å²) in [5, 5.41) is 11.0. The number of hydrogen-bond acceptors (Lipinski definition) is 6. The Morgan fingerprint density at radius 1 is 1.06 bits per heavy atom. The smallest absolute Gasteiger partial charge is 0.293 e. The quantitative estimate of drug-likeness (QED) is 0.219. The number of hydrogen-bond donors (Lipinski definition) is 0. The lowest BCUT2D eigenvalue weighted by Crippen LogP contribution is -2.27. The number of nitro benzene ring substituents is 1. The number of benzene rings is 3. The lowest BCUT2D eigenvalue weighted by molar-refractivity contribution is -0.385. The van der Waals surface area contributed by atoms with Crippen LogP contribution in [0.3, 0.4) is 0 Å². The average Bonchev–Trinajstić information content (AvgIpc) is 3.07. The number of ether oxygens (including phenoxy) is 1. The Hall–Kier alpha value is -3.69. The number of nitrogens with zero attached hydrogens (tertiary/aromatic N) is 2. The van der Waals surface area contributed by atoms with E-state index in [4.69, 9.17) is 16.3 Å². The molecule has 4 rings (SSSR count). The molecule has 0 atom stereocenters. The van der Waals surface area contributed by atoms with Gasteiger partial charge in [0.25, 0.3) is 16.8 Å². The summed E-state index contributed by atoms with van der Waals surface area (Å²) < 4.78 is 19.8. The Morgan fingerprint density at radius 2 is 1.79 bits per heavy atom. The monoisotopic (exact) mass is 498 g/mol. The standard InChI is InChI=1S/C24H16ClFN2O5S/c25-18-8-5-9-19(26)17(18)14-33-21-11-4-2-6-15(21)12-22-23(29)27(24(30)34-22)13-16-7-1-3-10-20(16)28(31)32/h1-12H,13-14H2/b22-12-. The van der Waals surface area contributed by atoms with Crippen LogP contribution in [0, 0.1) is 15.9 Å². The van der Waals surface area contributed by atoms with E-state index in [1.54, 1.807) is 36.4 Å². The van der Waals surface area contributed by atoms with E-state index in [9.17, 15) is 24.1 Å². The van der Waals surface area contributed by atoms with Crippen LogP contribution in [0.1, 0.15) is 16.7 Å². The first kappa shape index (κ1) is 23.5. The number of thioether (sulfide) groups is 1. The Bertz CT molecular complexity index is 1310. The summed E-state index contributed by atoms with van der Waals surface area (Å²) in [4.78, 5) is 37.2. The molecule has 0 saturated carbocycles. The molecule has 0 spiro atoms. The first-order valence-corrected chi connectivity index (χ1v) is 11.2. The number of carbonyl (C=O) groups excluding carboxylic acids is 2. The van der Waals surface area contributed by atoms with E-state index in [0.717, 1.165) is 16.7 Å². The van der Waals surface area contributed by atoms with E-state index in [1.807, 2.05) is 0 Å². The van der Waals surface area contributed by atoms with Gasteiger partial charge in [-0.3, -0.25) is 24.6 Å². The Morgan fingerprint density at radius 3 is 2.56 bits per heavy atom. The molecule has 10 heteroatoms. The maximum absolute atomic E-state index is 14.1. The van der Waals surface area contributed by atoms with Gasteiger partial charge in [-0.05, 0) is 36.0 Å². The third kappa shape index (κ3) is 4.95. The number of nitro groups is 1. The lowest BCUT2D eigenvalue weighted by Gasteiger charge is -2.13. The predicted molar refractivity (Wildman–Crippen MR) is 127 cm³/mol. The van der Waals surface area contributed by atoms with Crippen molar-refractivity contribution in [2.75, 3.05) is 0 Å². The first-order chi connectivity index (χ1) is 16.3. The van der Waals surface area contributed by atoms with E-state index in [1.165, 1.54) is 36.4 Å². The highest BCUT2D eigenvalue weighted by molar-refractivity contribution is 8.18. The molecule has 1 aliphatic heterocycles. The second kappa shape index (κ2) is 10.1. The third-order valence-electron chi connectivity index (χ3n) is 5.03. The van der Waals surface area contributed by atoms with Crippen LogP contribution in [-0.2, 0) is 17.9 Å². The zero-order valence-corrected chi connectivity index (χ0v) is 19.0. The number of imide groups is 1. The minimum Gasteiger partial charge on any atom is -0.488 e. The Labute approximate surface area is 202 Å². The van der Waals surface area contributed by atoms with E-state index in [2.05, 4.69) is 0 Å². The highest BCUT2D eigenvalue weighted by Crippen LogP contribution is 2.36. The van der Waals surface area contributed by atoms with E-state index >= 15 is 0 Å². The van der Waals surface area contributed by atoms with Crippen LogP contribution in [0.4, 0.5) is 14.9 Å². The van der Waals surface area contributed by atoms with Crippen LogP contribution >= 0.6 is 23.4 Å². The molecule has 1 saturated heterocycles. The summed E-state index contributed by atoms with van der Waals surface area (Å²) in [5.41, 5.74) is 0.785. The molecule has 0 aromatic heterocycles. The van der Waals surface area contributed by atoms with Crippen molar-refractivity contribution in [1.29, 1.82) is 0 Å². The number of carbonyl (C=O) groups is 2. The molecular weight excluding hydrogens is 483 g/mol. The van der Waals surface area contributed by atoms with E-state index in [0.29, 0.717) is 11.3 Å². The fraction of sp³-hybridized carbons (Fsp3) is 0.0833. The molecule has 0 N–H and O–H groups in total. The molecule has 2 amide bonds. The van der Waals surface area contributed by atoms with Gasteiger partial charge < -0.3 is 4.74 Å². The fourth-order valence-electron chi connectivity index (χ4n) is 3.32. The Kier molecular flexibility index (Phi) is 6.95. The zero-order valence-electron chi connectivity index (χ0n) is 17.4. The van der Waals surface area contributed by atoms with Gasteiger partial charge in [0.05, 0.1) is 21.4 Å². The van der Waals surface area contributed by atoms with Crippen LogP contribution in [0.15, 0.2) is 71.6 Å². The van der Waals surface area contributed by atoms with E-state index in [-0.39, 0.29) is 39.9 Å². The van der Waals surface area contributed by atoms with Crippen molar-refractivity contribution >= 4 is 46.3 Å². The largest absolute Gasteiger partial charge is 0.488 e. The van der Waals surface area contributed by atoms with Gasteiger partial charge in [0, 0.05) is 22.8 Å². The molecular formula is C24H16ClFN2O5S. The highest BCUT2D eigenvalue weighted by atomic mass is 35.5. The first-order valence-electron chi connectivity index (χ1n) is 9.97.